The maximum absolute atomic E-state index is 4.45. The molecule has 0 saturated carbocycles. The van der Waals surface area contributed by atoms with E-state index in [2.05, 4.69) is 23.4 Å². The molecule has 0 unspecified atom stereocenters. The molecule has 0 radical (unpaired) electrons. The number of aryl methyl sites for hydroxylation is 2. The van der Waals surface area contributed by atoms with Crippen molar-refractivity contribution in [1.29, 1.82) is 0 Å². The number of anilines is 1. The van der Waals surface area contributed by atoms with Gasteiger partial charge in [0.1, 0.15) is 0 Å². The minimum atomic E-state index is 0.0155. The standard InChI is InChI=1S/C12H13N5Se/c1-7-9(8(2)15-14-7)6-13-10-4-3-5-11-12(10)17-18-16-11/h3-5,13H,6H2,1-2H3,(H,14,15). The van der Waals surface area contributed by atoms with E-state index in [0.29, 0.717) is 0 Å². The molecule has 2 aromatic rings. The van der Waals surface area contributed by atoms with E-state index in [-0.39, 0.29) is 14.6 Å². The van der Waals surface area contributed by atoms with Crippen LogP contribution in [0.5, 0.6) is 0 Å². The molecular formula is C12H13N5Se. The van der Waals surface area contributed by atoms with E-state index in [4.69, 9.17) is 0 Å². The van der Waals surface area contributed by atoms with E-state index < -0.39 is 0 Å². The van der Waals surface area contributed by atoms with Crippen molar-refractivity contribution < 1.29 is 0 Å². The molecule has 0 fully saturated rings. The summed E-state index contributed by atoms with van der Waals surface area (Å²) in [6.45, 7) is 4.81. The van der Waals surface area contributed by atoms with Gasteiger partial charge in [-0.05, 0) is 0 Å². The van der Waals surface area contributed by atoms with Crippen LogP contribution < -0.4 is 5.32 Å². The van der Waals surface area contributed by atoms with E-state index in [0.717, 1.165) is 35.0 Å². The van der Waals surface area contributed by atoms with Crippen LogP contribution in [0.4, 0.5) is 17.1 Å². The Labute approximate surface area is 111 Å². The second-order valence-electron chi connectivity index (χ2n) is 4.20. The van der Waals surface area contributed by atoms with Gasteiger partial charge in [-0.3, -0.25) is 0 Å². The van der Waals surface area contributed by atoms with Crippen molar-refractivity contribution in [3.8, 4) is 0 Å². The molecule has 0 bridgehead atoms. The fraction of sp³-hybridized carbons (Fsp3) is 0.250. The summed E-state index contributed by atoms with van der Waals surface area (Å²) in [6.07, 6.45) is 0. The molecule has 1 aliphatic heterocycles. The molecule has 1 aromatic carbocycles. The van der Waals surface area contributed by atoms with Crippen LogP contribution in [0.15, 0.2) is 26.1 Å². The van der Waals surface area contributed by atoms with Gasteiger partial charge < -0.3 is 0 Å². The van der Waals surface area contributed by atoms with Crippen molar-refractivity contribution in [2.75, 3.05) is 5.32 Å². The predicted molar refractivity (Wildman–Crippen MR) is 71.8 cm³/mol. The van der Waals surface area contributed by atoms with E-state index in [9.17, 15) is 0 Å². The molecule has 0 atom stereocenters. The molecule has 6 heteroatoms. The Morgan fingerprint density at radius 3 is 2.94 bits per heavy atom. The van der Waals surface area contributed by atoms with Gasteiger partial charge in [-0.15, -0.1) is 0 Å². The van der Waals surface area contributed by atoms with Crippen LogP contribution in [0.1, 0.15) is 17.0 Å². The van der Waals surface area contributed by atoms with Gasteiger partial charge >= 0.3 is 111 Å². The number of hydrogen-bond acceptors (Lipinski definition) is 4. The average Bonchev–Trinajstić information content (AvgIpc) is 2.95. The van der Waals surface area contributed by atoms with Crippen molar-refractivity contribution in [2.45, 2.75) is 20.4 Å². The topological polar surface area (TPSA) is 65.4 Å². The molecule has 1 aliphatic rings. The second kappa shape index (κ2) is 4.55. The van der Waals surface area contributed by atoms with Crippen molar-refractivity contribution in [1.82, 2.24) is 10.2 Å². The molecule has 0 aliphatic carbocycles. The van der Waals surface area contributed by atoms with Crippen LogP contribution in [0.2, 0.25) is 0 Å². The van der Waals surface area contributed by atoms with Gasteiger partial charge in [0.15, 0.2) is 0 Å². The fourth-order valence-electron chi connectivity index (χ4n) is 1.97. The summed E-state index contributed by atoms with van der Waals surface area (Å²) in [7, 11) is 0. The van der Waals surface area contributed by atoms with Gasteiger partial charge in [0.25, 0.3) is 0 Å². The summed E-state index contributed by atoms with van der Waals surface area (Å²) in [4.78, 5) is 0. The minimum absolute atomic E-state index is 0.0155. The van der Waals surface area contributed by atoms with E-state index in [1.165, 1.54) is 5.56 Å². The third kappa shape index (κ3) is 1.94. The van der Waals surface area contributed by atoms with Gasteiger partial charge in [-0.2, -0.15) is 0 Å². The first-order chi connectivity index (χ1) is 8.75. The number of aromatic amines is 1. The average molecular weight is 306 g/mol. The normalized spacial score (nSPS) is 12.3. The molecule has 2 heterocycles. The van der Waals surface area contributed by atoms with Crippen LogP contribution in [0, 0.1) is 13.8 Å². The van der Waals surface area contributed by atoms with Crippen LogP contribution in [0.3, 0.4) is 0 Å². The van der Waals surface area contributed by atoms with E-state index >= 15 is 0 Å². The molecule has 1 aromatic heterocycles. The number of aromatic nitrogens is 2. The summed E-state index contributed by atoms with van der Waals surface area (Å²) in [5.41, 5.74) is 6.41. The Morgan fingerprint density at radius 2 is 2.17 bits per heavy atom. The number of rotatable bonds is 3. The molecule has 5 nitrogen and oxygen atoms in total. The molecular weight excluding hydrogens is 293 g/mol. The summed E-state index contributed by atoms with van der Waals surface area (Å²) in [5, 5.41) is 10.6. The molecule has 3 rings (SSSR count). The van der Waals surface area contributed by atoms with Crippen LogP contribution in [-0.4, -0.2) is 24.8 Å². The number of fused-ring (bicyclic) bond motifs is 1. The fourth-order valence-corrected chi connectivity index (χ4v) is 3.12. The van der Waals surface area contributed by atoms with Crippen molar-refractivity contribution in [3.05, 3.63) is 35.2 Å². The van der Waals surface area contributed by atoms with E-state index in [1.807, 2.05) is 32.0 Å². The Balaban J connectivity index is 1.83. The summed E-state index contributed by atoms with van der Waals surface area (Å²) >= 11 is 0.0155. The monoisotopic (exact) mass is 307 g/mol. The van der Waals surface area contributed by atoms with Gasteiger partial charge in [0.05, 0.1) is 0 Å². The number of H-pyrrole nitrogens is 1. The molecule has 2 N–H and O–H groups in total. The summed E-state index contributed by atoms with van der Waals surface area (Å²) in [6, 6.07) is 6.06. The molecule has 0 saturated heterocycles. The van der Waals surface area contributed by atoms with Crippen LogP contribution >= 0.6 is 0 Å². The Kier molecular flexibility index (Phi) is 2.89. The SMILES string of the molecule is Cc1n[nH]c(C)c1CNc1cccc2c1N=[Se]=N2. The van der Waals surface area contributed by atoms with Crippen molar-refractivity contribution in [3.63, 3.8) is 0 Å². The zero-order chi connectivity index (χ0) is 12.5. The molecule has 92 valence electrons. The van der Waals surface area contributed by atoms with Crippen LogP contribution in [-0.2, 0) is 6.54 Å². The van der Waals surface area contributed by atoms with Gasteiger partial charge in [0.2, 0.25) is 0 Å². The Hall–Kier alpha value is -1.65. The first-order valence-electron chi connectivity index (χ1n) is 5.71. The zero-order valence-electron chi connectivity index (χ0n) is 10.2. The predicted octanol–water partition coefficient (Wildman–Crippen LogP) is 2.99. The number of hydrogen-bond donors (Lipinski definition) is 2. The van der Waals surface area contributed by atoms with Crippen LogP contribution in [0.25, 0.3) is 0 Å². The zero-order valence-corrected chi connectivity index (χ0v) is 11.9. The quantitative estimate of drug-likeness (QED) is 0.731. The van der Waals surface area contributed by atoms with Gasteiger partial charge in [0, 0.05) is 0 Å². The second-order valence-corrected chi connectivity index (χ2v) is 5.31. The molecule has 0 spiro atoms. The number of nitrogens with one attached hydrogen (secondary N) is 2. The van der Waals surface area contributed by atoms with Crippen molar-refractivity contribution in [2.24, 2.45) is 7.92 Å². The number of benzene rings is 1. The Morgan fingerprint density at radius 1 is 1.28 bits per heavy atom. The summed E-state index contributed by atoms with van der Waals surface area (Å²) < 4.78 is 8.83. The van der Waals surface area contributed by atoms with Crippen molar-refractivity contribution >= 4 is 31.6 Å². The number of nitrogens with zero attached hydrogens (tertiary/aromatic N) is 3. The third-order valence-electron chi connectivity index (χ3n) is 3.02. The maximum atomic E-state index is 4.45. The molecule has 18 heavy (non-hydrogen) atoms. The Bertz CT molecular complexity index is 648. The van der Waals surface area contributed by atoms with Gasteiger partial charge in [-0.25, -0.2) is 0 Å². The first-order valence-corrected chi connectivity index (χ1v) is 7.24. The summed E-state index contributed by atoms with van der Waals surface area (Å²) in [5.74, 6) is 0. The third-order valence-corrected chi connectivity index (χ3v) is 4.16. The first kappa shape index (κ1) is 11.4. The van der Waals surface area contributed by atoms with E-state index in [1.54, 1.807) is 0 Å². The molecule has 0 amide bonds. The van der Waals surface area contributed by atoms with Gasteiger partial charge in [-0.1, -0.05) is 0 Å².